The van der Waals surface area contributed by atoms with E-state index in [1.165, 1.54) is 12.8 Å². The fraction of sp³-hybridized carbons (Fsp3) is 0.667. The summed E-state index contributed by atoms with van der Waals surface area (Å²) in [7, 11) is 0. The van der Waals surface area contributed by atoms with Crippen molar-refractivity contribution >= 4 is 17.3 Å². The van der Waals surface area contributed by atoms with Crippen molar-refractivity contribution in [2.75, 3.05) is 31.1 Å². The van der Waals surface area contributed by atoms with Gasteiger partial charge < -0.3 is 10.2 Å². The maximum Gasteiger partial charge on any atom is 0.291 e. The topological polar surface area (TPSA) is 50.2 Å². The van der Waals surface area contributed by atoms with Crippen LogP contribution >= 0.6 is 11.6 Å². The summed E-state index contributed by atoms with van der Waals surface area (Å²) in [5.41, 5.74) is 0.574. The van der Waals surface area contributed by atoms with Crippen LogP contribution in [0.15, 0.2) is 11.0 Å². The van der Waals surface area contributed by atoms with E-state index in [-0.39, 0.29) is 5.56 Å². The van der Waals surface area contributed by atoms with Crippen molar-refractivity contribution in [2.24, 2.45) is 5.92 Å². The maximum absolute atomic E-state index is 12.4. The second-order valence-corrected chi connectivity index (χ2v) is 5.42. The summed E-state index contributed by atoms with van der Waals surface area (Å²) in [5, 5.41) is 7.88. The maximum atomic E-state index is 12.4. The molecule has 5 nitrogen and oxygen atoms in total. The van der Waals surface area contributed by atoms with Crippen LogP contribution in [0.4, 0.5) is 5.69 Å². The van der Waals surface area contributed by atoms with Crippen molar-refractivity contribution in [3.8, 4) is 0 Å². The van der Waals surface area contributed by atoms with Gasteiger partial charge in [0.2, 0.25) is 0 Å². The van der Waals surface area contributed by atoms with Crippen LogP contribution in [0.5, 0.6) is 0 Å². The molecular formula is C12H17ClN4O. The highest BCUT2D eigenvalue weighted by molar-refractivity contribution is 6.33. The molecular weight excluding hydrogens is 252 g/mol. The number of halogens is 1. The first-order valence-corrected chi connectivity index (χ1v) is 6.85. The molecule has 1 N–H and O–H groups in total. The monoisotopic (exact) mass is 268 g/mol. The molecule has 2 fully saturated rings. The summed E-state index contributed by atoms with van der Waals surface area (Å²) in [5.74, 6) is 0.632. The highest BCUT2D eigenvalue weighted by Gasteiger charge is 2.25. The Morgan fingerprint density at radius 3 is 2.78 bits per heavy atom. The third-order valence-corrected chi connectivity index (χ3v) is 3.81. The van der Waals surface area contributed by atoms with Crippen LogP contribution < -0.4 is 15.8 Å². The molecule has 0 aromatic carbocycles. The Kier molecular flexibility index (Phi) is 3.26. The molecule has 98 valence electrons. The van der Waals surface area contributed by atoms with Gasteiger partial charge in [-0.25, -0.2) is 4.68 Å². The van der Waals surface area contributed by atoms with Crippen molar-refractivity contribution in [1.29, 1.82) is 0 Å². The number of aromatic nitrogens is 2. The smallest absolute Gasteiger partial charge is 0.291 e. The van der Waals surface area contributed by atoms with Crippen LogP contribution in [0.25, 0.3) is 0 Å². The summed E-state index contributed by atoms with van der Waals surface area (Å²) in [6.07, 6.45) is 4.02. The minimum Gasteiger partial charge on any atom is -0.363 e. The number of hydrogen-bond acceptors (Lipinski definition) is 4. The van der Waals surface area contributed by atoms with Crippen molar-refractivity contribution < 1.29 is 0 Å². The molecule has 2 aliphatic rings. The van der Waals surface area contributed by atoms with Gasteiger partial charge in [0.25, 0.3) is 5.56 Å². The Morgan fingerprint density at radius 1 is 1.39 bits per heavy atom. The molecule has 1 aromatic rings. The lowest BCUT2D eigenvalue weighted by molar-refractivity contribution is 0.526. The van der Waals surface area contributed by atoms with Crippen LogP contribution in [0.2, 0.25) is 5.02 Å². The molecule has 0 bridgehead atoms. The van der Waals surface area contributed by atoms with Crippen molar-refractivity contribution in [3.63, 3.8) is 0 Å². The molecule has 0 unspecified atom stereocenters. The SMILES string of the molecule is O=c1c(N2CCNCC2)c(Cl)cnn1CC1CC1. The zero-order chi connectivity index (χ0) is 12.5. The predicted octanol–water partition coefficient (Wildman–Crippen LogP) is 0.716. The number of nitrogens with zero attached hydrogens (tertiary/aromatic N) is 3. The molecule has 1 aliphatic heterocycles. The average molecular weight is 269 g/mol. The molecule has 0 amide bonds. The second-order valence-electron chi connectivity index (χ2n) is 5.01. The summed E-state index contributed by atoms with van der Waals surface area (Å²) >= 11 is 6.15. The Balaban J connectivity index is 1.92. The molecule has 18 heavy (non-hydrogen) atoms. The first-order chi connectivity index (χ1) is 8.75. The fourth-order valence-corrected chi connectivity index (χ4v) is 2.55. The third-order valence-electron chi connectivity index (χ3n) is 3.53. The largest absolute Gasteiger partial charge is 0.363 e. The second kappa shape index (κ2) is 4.90. The minimum absolute atomic E-state index is 0.0451. The van der Waals surface area contributed by atoms with E-state index in [9.17, 15) is 4.79 Å². The van der Waals surface area contributed by atoms with Gasteiger partial charge >= 0.3 is 0 Å². The fourth-order valence-electron chi connectivity index (χ4n) is 2.31. The first kappa shape index (κ1) is 12.0. The Labute approximate surface area is 111 Å². The first-order valence-electron chi connectivity index (χ1n) is 6.47. The lowest BCUT2D eigenvalue weighted by Gasteiger charge is -2.29. The van der Waals surface area contributed by atoms with Crippen LogP contribution in [0, 0.1) is 5.92 Å². The highest BCUT2D eigenvalue weighted by atomic mass is 35.5. The van der Waals surface area contributed by atoms with Gasteiger partial charge in [0.1, 0.15) is 5.69 Å². The zero-order valence-corrected chi connectivity index (χ0v) is 11.0. The number of nitrogens with one attached hydrogen (secondary N) is 1. The van der Waals surface area contributed by atoms with E-state index >= 15 is 0 Å². The molecule has 0 atom stereocenters. The molecule has 3 rings (SSSR count). The van der Waals surface area contributed by atoms with Gasteiger partial charge in [-0.3, -0.25) is 4.79 Å². The number of rotatable bonds is 3. The average Bonchev–Trinajstić information content (AvgIpc) is 3.18. The van der Waals surface area contributed by atoms with Gasteiger partial charge in [-0.05, 0) is 18.8 Å². The van der Waals surface area contributed by atoms with Gasteiger partial charge in [0.05, 0.1) is 11.2 Å². The minimum atomic E-state index is -0.0451. The van der Waals surface area contributed by atoms with E-state index in [4.69, 9.17) is 11.6 Å². The van der Waals surface area contributed by atoms with Crippen molar-refractivity contribution in [2.45, 2.75) is 19.4 Å². The van der Waals surface area contributed by atoms with E-state index < -0.39 is 0 Å². The van der Waals surface area contributed by atoms with E-state index in [2.05, 4.69) is 15.3 Å². The van der Waals surface area contributed by atoms with Crippen LogP contribution in [-0.2, 0) is 6.54 Å². The summed E-state index contributed by atoms with van der Waals surface area (Å²) < 4.78 is 1.57. The molecule has 0 spiro atoms. The van der Waals surface area contributed by atoms with E-state index in [1.54, 1.807) is 10.9 Å². The van der Waals surface area contributed by atoms with E-state index in [0.29, 0.717) is 16.6 Å². The molecule has 6 heteroatoms. The summed E-state index contributed by atoms with van der Waals surface area (Å²) in [6, 6.07) is 0. The Bertz CT molecular complexity index is 491. The number of anilines is 1. The van der Waals surface area contributed by atoms with Gasteiger partial charge in [-0.15, -0.1) is 0 Å². The summed E-state index contributed by atoms with van der Waals surface area (Å²) in [4.78, 5) is 14.5. The Morgan fingerprint density at radius 2 is 2.11 bits per heavy atom. The Hall–Kier alpha value is -1.07. The number of piperazine rings is 1. The van der Waals surface area contributed by atoms with Crippen molar-refractivity contribution in [1.82, 2.24) is 15.1 Å². The molecule has 1 aliphatic carbocycles. The van der Waals surface area contributed by atoms with Gasteiger partial charge in [0.15, 0.2) is 0 Å². The molecule has 1 saturated heterocycles. The standard InChI is InChI=1S/C12H17ClN4O/c13-10-7-15-17(8-9-1-2-9)12(18)11(10)16-5-3-14-4-6-16/h7,9,14H,1-6,8H2. The lowest BCUT2D eigenvalue weighted by atomic mass is 10.3. The molecule has 1 saturated carbocycles. The van der Waals surface area contributed by atoms with E-state index in [1.807, 2.05) is 0 Å². The van der Waals surface area contributed by atoms with Gasteiger partial charge in [-0.2, -0.15) is 5.10 Å². The van der Waals surface area contributed by atoms with Crippen LogP contribution in [0.3, 0.4) is 0 Å². The third kappa shape index (κ3) is 2.37. The van der Waals surface area contributed by atoms with Crippen LogP contribution in [0.1, 0.15) is 12.8 Å². The predicted molar refractivity (Wildman–Crippen MR) is 71.3 cm³/mol. The molecule has 2 heterocycles. The zero-order valence-electron chi connectivity index (χ0n) is 10.2. The molecule has 0 radical (unpaired) electrons. The lowest BCUT2D eigenvalue weighted by Crippen LogP contribution is -2.46. The quantitative estimate of drug-likeness (QED) is 0.878. The number of hydrogen-bond donors (Lipinski definition) is 1. The van der Waals surface area contributed by atoms with Gasteiger partial charge in [-0.1, -0.05) is 11.6 Å². The van der Waals surface area contributed by atoms with E-state index in [0.717, 1.165) is 32.7 Å². The summed E-state index contributed by atoms with van der Waals surface area (Å²) in [6.45, 7) is 4.15. The highest BCUT2D eigenvalue weighted by Crippen LogP contribution is 2.30. The van der Waals surface area contributed by atoms with Gasteiger partial charge in [0, 0.05) is 32.7 Å². The van der Waals surface area contributed by atoms with Crippen LogP contribution in [-0.4, -0.2) is 36.0 Å². The molecule has 1 aromatic heterocycles. The van der Waals surface area contributed by atoms with Crippen molar-refractivity contribution in [3.05, 3.63) is 21.6 Å². The normalized spacial score (nSPS) is 20.2.